The van der Waals surface area contributed by atoms with E-state index in [1.807, 2.05) is 42.5 Å². The highest BCUT2D eigenvalue weighted by atomic mass is 35.5. The van der Waals surface area contributed by atoms with Crippen LogP contribution < -0.4 is 24.5 Å². The second-order valence-corrected chi connectivity index (χ2v) is 14.9. The molecule has 14 heteroatoms. The van der Waals surface area contributed by atoms with E-state index in [1.54, 1.807) is 69.1 Å². The molecule has 0 radical (unpaired) electrons. The minimum absolute atomic E-state index is 0.0327. The molecular formula is C42H34ClFN4O7S. The average molecular weight is 793 g/mol. The van der Waals surface area contributed by atoms with E-state index in [0.29, 0.717) is 28.3 Å². The summed E-state index contributed by atoms with van der Waals surface area (Å²) in [6.07, 6.45) is 4.52. The molecule has 3 heterocycles. The monoisotopic (exact) mass is 792 g/mol. The molecule has 0 amide bonds. The maximum Gasteiger partial charge on any atom is 0.275 e. The van der Waals surface area contributed by atoms with Gasteiger partial charge in [-0.1, -0.05) is 48.5 Å². The molecule has 4 aromatic carbocycles. The molecule has 1 atom stereocenters. The van der Waals surface area contributed by atoms with Crippen LogP contribution >= 0.6 is 11.6 Å². The first kappa shape index (κ1) is 38.0. The first-order valence-corrected chi connectivity index (χ1v) is 19.2. The Morgan fingerprint density at radius 1 is 0.750 bits per heavy atom. The van der Waals surface area contributed by atoms with Crippen molar-refractivity contribution in [3.05, 3.63) is 172 Å². The lowest BCUT2D eigenvalue weighted by Crippen LogP contribution is -2.24. The molecule has 7 rings (SSSR count). The molecule has 0 fully saturated rings. The van der Waals surface area contributed by atoms with Crippen LogP contribution in [-0.4, -0.2) is 42.4 Å². The largest absolute Gasteiger partial charge is 0.497 e. The fourth-order valence-electron chi connectivity index (χ4n) is 6.04. The highest BCUT2D eigenvalue weighted by Gasteiger charge is 2.24. The van der Waals surface area contributed by atoms with Crippen LogP contribution in [0.2, 0.25) is 0 Å². The number of fused-ring (bicyclic) bond motifs is 1. The fraction of sp³-hybridized carbons (Fsp3) is 0.143. The number of methoxy groups -OCH3 is 2. The van der Waals surface area contributed by atoms with E-state index >= 15 is 4.39 Å². The summed E-state index contributed by atoms with van der Waals surface area (Å²) < 4.78 is 66.0. The van der Waals surface area contributed by atoms with Crippen LogP contribution in [0.25, 0.3) is 10.8 Å². The summed E-state index contributed by atoms with van der Waals surface area (Å²) in [6.45, 7) is 0.232. The Hall–Kier alpha value is -6.31. The Morgan fingerprint density at radius 3 is 2.20 bits per heavy atom. The van der Waals surface area contributed by atoms with Gasteiger partial charge >= 0.3 is 0 Å². The van der Waals surface area contributed by atoms with Crippen LogP contribution in [0.4, 0.5) is 4.39 Å². The van der Waals surface area contributed by atoms with Gasteiger partial charge in [-0.2, -0.15) is 5.10 Å². The maximum absolute atomic E-state index is 15.4. The highest BCUT2D eigenvalue weighted by Crippen LogP contribution is 2.38. The standard InChI is InChI=1S/C42H34ClFN4O7S/c1-52-31-15-12-27(13-16-31)25-54-41-34(11-7-19-46-41)39(43)35-21-32(53-2)17-14-29(35)26-55-40-28(8-6-18-45-40)24-48-42(49)36-22-37(44)38(20-30(36)23-47-48)56(50,51)33-9-4-3-5-10-33/h3-23,39H,24-26H2,1-2H3. The van der Waals surface area contributed by atoms with Crippen LogP contribution in [0, 0.1) is 5.82 Å². The van der Waals surface area contributed by atoms with Crippen molar-refractivity contribution in [1.29, 1.82) is 0 Å². The molecule has 3 aromatic heterocycles. The van der Waals surface area contributed by atoms with E-state index in [1.165, 1.54) is 18.3 Å². The van der Waals surface area contributed by atoms with Crippen molar-refractivity contribution in [2.75, 3.05) is 14.2 Å². The number of aromatic nitrogens is 4. The number of ether oxygens (including phenoxy) is 4. The van der Waals surface area contributed by atoms with Gasteiger partial charge in [-0.25, -0.2) is 27.5 Å². The van der Waals surface area contributed by atoms with Crippen molar-refractivity contribution in [1.82, 2.24) is 19.7 Å². The number of halogens is 2. The summed E-state index contributed by atoms with van der Waals surface area (Å²) in [5, 5.41) is 3.71. The van der Waals surface area contributed by atoms with Crippen LogP contribution in [0.1, 0.15) is 33.2 Å². The molecule has 0 aliphatic carbocycles. The summed E-state index contributed by atoms with van der Waals surface area (Å²) in [7, 11) is -1.00. The first-order chi connectivity index (χ1) is 27.2. The summed E-state index contributed by atoms with van der Waals surface area (Å²) in [6, 6.07) is 29.6. The quantitative estimate of drug-likeness (QED) is 0.101. The van der Waals surface area contributed by atoms with Crippen molar-refractivity contribution < 1.29 is 31.8 Å². The number of nitrogens with zero attached hydrogens (tertiary/aromatic N) is 4. The van der Waals surface area contributed by atoms with Crippen molar-refractivity contribution in [2.24, 2.45) is 0 Å². The zero-order chi connectivity index (χ0) is 39.2. The Labute approximate surface area is 326 Å². The smallest absolute Gasteiger partial charge is 0.275 e. The zero-order valence-corrected chi connectivity index (χ0v) is 31.7. The minimum Gasteiger partial charge on any atom is -0.497 e. The summed E-state index contributed by atoms with van der Waals surface area (Å²) in [5.41, 5.74) is 2.87. The molecule has 0 saturated heterocycles. The van der Waals surface area contributed by atoms with Gasteiger partial charge in [-0.05, 0) is 77.4 Å². The third-order valence-corrected chi connectivity index (χ3v) is 11.3. The molecule has 1 unspecified atom stereocenters. The van der Waals surface area contributed by atoms with Gasteiger partial charge in [-0.15, -0.1) is 11.6 Å². The lowest BCUT2D eigenvalue weighted by atomic mass is 9.99. The second-order valence-electron chi connectivity index (χ2n) is 12.5. The SMILES string of the molecule is COc1ccc(COc2ncccc2C(Cl)c2cc(OC)ccc2COc2ncccc2Cn2ncc3cc(S(=O)(=O)c4ccccc4)c(F)cc3c2=O)cc1. The van der Waals surface area contributed by atoms with Crippen molar-refractivity contribution in [3.8, 4) is 23.3 Å². The van der Waals surface area contributed by atoms with Crippen LogP contribution in [0.15, 0.2) is 142 Å². The van der Waals surface area contributed by atoms with E-state index in [0.717, 1.165) is 33.7 Å². The molecule has 0 aliphatic rings. The number of benzene rings is 4. The number of sulfone groups is 1. The number of rotatable bonds is 14. The Kier molecular flexibility index (Phi) is 11.3. The minimum atomic E-state index is -4.18. The topological polar surface area (TPSA) is 132 Å². The lowest BCUT2D eigenvalue weighted by Gasteiger charge is -2.19. The molecule has 284 valence electrons. The van der Waals surface area contributed by atoms with Gasteiger partial charge in [0.1, 0.15) is 35.4 Å². The van der Waals surface area contributed by atoms with Gasteiger partial charge < -0.3 is 18.9 Å². The van der Waals surface area contributed by atoms with E-state index in [2.05, 4.69) is 15.1 Å². The number of hydrogen-bond donors (Lipinski definition) is 0. The Bertz CT molecular complexity index is 2680. The molecule has 0 aliphatic heterocycles. The van der Waals surface area contributed by atoms with E-state index in [4.69, 9.17) is 30.5 Å². The second kappa shape index (κ2) is 16.6. The summed E-state index contributed by atoms with van der Waals surface area (Å²) >= 11 is 7.18. The summed E-state index contributed by atoms with van der Waals surface area (Å²) in [5.74, 6) is 0.878. The Morgan fingerprint density at radius 2 is 1.45 bits per heavy atom. The van der Waals surface area contributed by atoms with Crippen LogP contribution in [0.3, 0.4) is 0 Å². The van der Waals surface area contributed by atoms with E-state index in [-0.39, 0.29) is 41.3 Å². The fourth-order valence-corrected chi connectivity index (χ4v) is 7.77. The predicted octanol–water partition coefficient (Wildman–Crippen LogP) is 7.71. The van der Waals surface area contributed by atoms with Crippen LogP contribution in [0.5, 0.6) is 23.3 Å². The normalized spacial score (nSPS) is 11.9. The van der Waals surface area contributed by atoms with Gasteiger partial charge in [-0.3, -0.25) is 4.79 Å². The van der Waals surface area contributed by atoms with Crippen molar-refractivity contribution in [2.45, 2.75) is 34.9 Å². The highest BCUT2D eigenvalue weighted by molar-refractivity contribution is 7.91. The van der Waals surface area contributed by atoms with Gasteiger partial charge in [0.05, 0.1) is 42.6 Å². The summed E-state index contributed by atoms with van der Waals surface area (Å²) in [4.78, 5) is 21.9. The molecule has 56 heavy (non-hydrogen) atoms. The van der Waals surface area contributed by atoms with Gasteiger partial charge in [0, 0.05) is 28.9 Å². The molecule has 11 nitrogen and oxygen atoms in total. The number of alkyl halides is 1. The van der Waals surface area contributed by atoms with E-state index < -0.39 is 31.5 Å². The average Bonchev–Trinajstić information content (AvgIpc) is 3.23. The van der Waals surface area contributed by atoms with E-state index in [9.17, 15) is 13.2 Å². The Balaban J connectivity index is 1.12. The van der Waals surface area contributed by atoms with Crippen molar-refractivity contribution >= 4 is 32.2 Å². The first-order valence-electron chi connectivity index (χ1n) is 17.2. The predicted molar refractivity (Wildman–Crippen MR) is 208 cm³/mol. The maximum atomic E-state index is 15.4. The molecule has 7 aromatic rings. The zero-order valence-electron chi connectivity index (χ0n) is 30.1. The number of hydrogen-bond acceptors (Lipinski definition) is 10. The lowest BCUT2D eigenvalue weighted by molar-refractivity contribution is 0.286. The number of pyridine rings is 2. The molecule has 0 bridgehead atoms. The molecule has 0 spiro atoms. The molecule has 0 N–H and O–H groups in total. The van der Waals surface area contributed by atoms with Crippen LogP contribution in [-0.2, 0) is 29.6 Å². The third kappa shape index (κ3) is 8.04. The van der Waals surface area contributed by atoms with Gasteiger partial charge in [0.25, 0.3) is 5.56 Å². The van der Waals surface area contributed by atoms with Gasteiger partial charge in [0.15, 0.2) is 0 Å². The van der Waals surface area contributed by atoms with Crippen molar-refractivity contribution in [3.63, 3.8) is 0 Å². The van der Waals surface area contributed by atoms with Gasteiger partial charge in [0.2, 0.25) is 21.6 Å². The molecular weight excluding hydrogens is 759 g/mol. The molecule has 0 saturated carbocycles. The third-order valence-electron chi connectivity index (χ3n) is 9.02.